The Labute approximate surface area is 183 Å². The smallest absolute Gasteiger partial charge is 0.257 e. The van der Waals surface area contributed by atoms with Gasteiger partial charge < -0.3 is 15.1 Å². The van der Waals surface area contributed by atoms with Crippen LogP contribution in [0.15, 0.2) is 48.5 Å². The van der Waals surface area contributed by atoms with Crippen molar-refractivity contribution >= 4 is 46.4 Å². The number of fused-ring (bicyclic) bond motifs is 3. The third kappa shape index (κ3) is 3.44. The molecule has 1 atom stereocenters. The van der Waals surface area contributed by atoms with Crippen molar-refractivity contribution in [1.82, 2.24) is 14.5 Å². The van der Waals surface area contributed by atoms with Gasteiger partial charge in [-0.3, -0.25) is 9.59 Å². The molecular formula is C22H20FN5O2S. The van der Waals surface area contributed by atoms with Gasteiger partial charge in [-0.15, -0.1) is 0 Å². The predicted molar refractivity (Wildman–Crippen MR) is 118 cm³/mol. The highest BCUT2D eigenvalue weighted by Crippen LogP contribution is 2.29. The van der Waals surface area contributed by atoms with Crippen LogP contribution in [-0.2, 0) is 4.79 Å². The first kappa shape index (κ1) is 19.6. The Morgan fingerprint density at radius 1 is 1.10 bits per heavy atom. The lowest BCUT2D eigenvalue weighted by Crippen LogP contribution is -2.50. The zero-order valence-electron chi connectivity index (χ0n) is 16.6. The molecular weight excluding hydrogens is 417 g/mol. The van der Waals surface area contributed by atoms with E-state index in [2.05, 4.69) is 10.3 Å². The molecule has 5 rings (SSSR count). The summed E-state index contributed by atoms with van der Waals surface area (Å²) in [6, 6.07) is 13.4. The minimum absolute atomic E-state index is 0.0311. The van der Waals surface area contributed by atoms with E-state index in [1.54, 1.807) is 23.1 Å². The van der Waals surface area contributed by atoms with Gasteiger partial charge in [0.2, 0.25) is 10.7 Å². The Morgan fingerprint density at radius 2 is 1.81 bits per heavy atom. The summed E-state index contributed by atoms with van der Waals surface area (Å²) in [5.74, 6) is -0.0617. The summed E-state index contributed by atoms with van der Waals surface area (Å²) in [7, 11) is 0. The molecule has 0 aliphatic carbocycles. The average molecular weight is 438 g/mol. The number of anilines is 2. The van der Waals surface area contributed by atoms with Gasteiger partial charge in [-0.05, 0) is 36.5 Å². The molecule has 2 aliphatic heterocycles. The number of amides is 1. The largest absolute Gasteiger partial charge is 0.366 e. The minimum Gasteiger partial charge on any atom is -0.366 e. The van der Waals surface area contributed by atoms with Crippen LogP contribution in [0.1, 0.15) is 11.2 Å². The number of rotatable bonds is 3. The second-order valence-corrected chi connectivity index (χ2v) is 8.02. The van der Waals surface area contributed by atoms with Crippen LogP contribution in [0.4, 0.5) is 15.9 Å². The van der Waals surface area contributed by atoms with Crippen LogP contribution in [-0.4, -0.2) is 58.5 Å². The molecule has 0 bridgehead atoms. The van der Waals surface area contributed by atoms with Gasteiger partial charge in [0.15, 0.2) is 0 Å². The number of carbonyl (C=O) groups is 2. The summed E-state index contributed by atoms with van der Waals surface area (Å²) in [6.07, 6.45) is 0.0311. The lowest BCUT2D eigenvalue weighted by molar-refractivity contribution is -0.131. The fraction of sp³-hybridized carbons (Fsp3) is 0.273. The number of aromatic nitrogens is 2. The maximum Gasteiger partial charge on any atom is 0.257 e. The highest BCUT2D eigenvalue weighted by Gasteiger charge is 2.35. The second kappa shape index (κ2) is 7.73. The number of halogens is 1. The van der Waals surface area contributed by atoms with Crippen LogP contribution < -0.4 is 10.2 Å². The number of hydrogen-bond donors (Lipinski definition) is 1. The van der Waals surface area contributed by atoms with Crippen LogP contribution in [0.3, 0.4) is 0 Å². The lowest BCUT2D eigenvalue weighted by atomic mass is 10.1. The highest BCUT2D eigenvalue weighted by atomic mass is 32.1. The number of benzene rings is 2. The Morgan fingerprint density at radius 3 is 2.58 bits per heavy atom. The summed E-state index contributed by atoms with van der Waals surface area (Å²) < 4.78 is 15.6. The van der Waals surface area contributed by atoms with Gasteiger partial charge >= 0.3 is 0 Å². The van der Waals surface area contributed by atoms with Crippen LogP contribution in [0.2, 0.25) is 0 Å². The molecule has 9 heteroatoms. The van der Waals surface area contributed by atoms with Crippen molar-refractivity contribution in [2.45, 2.75) is 12.5 Å². The first-order valence-electron chi connectivity index (χ1n) is 10.1. The quantitative estimate of drug-likeness (QED) is 0.635. The van der Waals surface area contributed by atoms with E-state index in [1.165, 1.54) is 10.6 Å². The van der Waals surface area contributed by atoms with Gasteiger partial charge in [0, 0.05) is 31.6 Å². The SMILES string of the molecule is O=C(C[C@H]1Nc2c3ccccc3nc(=S)n2C1=O)N1CCN(c2ccccc2F)CC1. The molecule has 1 aromatic heterocycles. The van der Waals surface area contributed by atoms with E-state index in [-0.39, 0.29) is 28.8 Å². The Balaban J connectivity index is 1.28. The maximum atomic E-state index is 14.0. The predicted octanol–water partition coefficient (Wildman–Crippen LogP) is 3.08. The standard InChI is InChI=1S/C22H20FN5O2S/c23-15-6-2-4-8-18(15)26-9-11-27(12-10-26)19(29)13-17-21(30)28-20(24-17)14-5-1-3-7-16(14)25-22(28)31/h1-8,17,24H,9-13H2/t17-/m1/s1. The van der Waals surface area contributed by atoms with Crippen molar-refractivity contribution in [2.24, 2.45) is 0 Å². The van der Waals surface area contributed by atoms with E-state index >= 15 is 0 Å². The Bertz CT molecular complexity index is 1250. The van der Waals surface area contributed by atoms with Crippen molar-refractivity contribution in [2.75, 3.05) is 36.4 Å². The first-order valence-corrected chi connectivity index (χ1v) is 10.5. The van der Waals surface area contributed by atoms with Crippen molar-refractivity contribution in [3.05, 3.63) is 59.1 Å². The van der Waals surface area contributed by atoms with E-state index in [1.807, 2.05) is 29.2 Å². The number of carbonyl (C=O) groups excluding carboxylic acids is 2. The molecule has 31 heavy (non-hydrogen) atoms. The summed E-state index contributed by atoms with van der Waals surface area (Å²) in [5.41, 5.74) is 1.25. The van der Waals surface area contributed by atoms with Gasteiger partial charge in [-0.2, -0.15) is 0 Å². The molecule has 7 nitrogen and oxygen atoms in total. The van der Waals surface area contributed by atoms with Crippen molar-refractivity contribution in [3.8, 4) is 0 Å². The number of para-hydroxylation sites is 2. The monoisotopic (exact) mass is 437 g/mol. The van der Waals surface area contributed by atoms with E-state index in [0.717, 1.165) is 5.39 Å². The van der Waals surface area contributed by atoms with Crippen LogP contribution >= 0.6 is 12.2 Å². The molecule has 3 aromatic rings. The van der Waals surface area contributed by atoms with Crippen molar-refractivity contribution in [1.29, 1.82) is 0 Å². The van der Waals surface area contributed by atoms with Crippen LogP contribution in [0, 0.1) is 10.6 Å². The summed E-state index contributed by atoms with van der Waals surface area (Å²) >= 11 is 5.30. The van der Waals surface area contributed by atoms with Gasteiger partial charge in [0.25, 0.3) is 5.91 Å². The summed E-state index contributed by atoms with van der Waals surface area (Å²) in [5, 5.41) is 3.97. The van der Waals surface area contributed by atoms with E-state index in [9.17, 15) is 14.0 Å². The molecule has 1 fully saturated rings. The zero-order valence-corrected chi connectivity index (χ0v) is 17.4. The normalized spacial score (nSPS) is 18.2. The highest BCUT2D eigenvalue weighted by molar-refractivity contribution is 7.71. The third-order valence-corrected chi connectivity index (χ3v) is 6.10. The number of nitrogens with zero attached hydrogens (tertiary/aromatic N) is 4. The Kier molecular flexibility index (Phi) is 4.90. The number of hydrogen-bond acceptors (Lipinski definition) is 6. The maximum absolute atomic E-state index is 14.0. The van der Waals surface area contributed by atoms with E-state index < -0.39 is 6.04 Å². The van der Waals surface area contributed by atoms with E-state index in [0.29, 0.717) is 43.2 Å². The van der Waals surface area contributed by atoms with Gasteiger partial charge in [-0.25, -0.2) is 13.9 Å². The fourth-order valence-corrected chi connectivity index (χ4v) is 4.50. The lowest BCUT2D eigenvalue weighted by Gasteiger charge is -2.36. The van der Waals surface area contributed by atoms with E-state index in [4.69, 9.17) is 12.2 Å². The first-order chi connectivity index (χ1) is 15.0. The molecule has 0 spiro atoms. The minimum atomic E-state index is -0.689. The molecule has 1 amide bonds. The summed E-state index contributed by atoms with van der Waals surface area (Å²) in [4.78, 5) is 33.8. The molecule has 0 radical (unpaired) electrons. The average Bonchev–Trinajstić information content (AvgIpc) is 3.11. The van der Waals surface area contributed by atoms with Gasteiger partial charge in [-0.1, -0.05) is 24.3 Å². The molecule has 0 saturated carbocycles. The molecule has 158 valence electrons. The van der Waals surface area contributed by atoms with Crippen LogP contribution in [0.25, 0.3) is 10.9 Å². The number of piperazine rings is 1. The molecule has 2 aliphatic rings. The Hall–Kier alpha value is -3.33. The number of nitrogens with one attached hydrogen (secondary N) is 1. The zero-order chi connectivity index (χ0) is 21.5. The molecule has 2 aromatic carbocycles. The van der Waals surface area contributed by atoms with Crippen molar-refractivity contribution in [3.63, 3.8) is 0 Å². The van der Waals surface area contributed by atoms with Crippen LogP contribution in [0.5, 0.6) is 0 Å². The van der Waals surface area contributed by atoms with Gasteiger partial charge in [0.05, 0.1) is 17.6 Å². The van der Waals surface area contributed by atoms with Gasteiger partial charge in [0.1, 0.15) is 17.7 Å². The summed E-state index contributed by atoms with van der Waals surface area (Å²) in [6.45, 7) is 2.03. The second-order valence-electron chi connectivity index (χ2n) is 7.65. The third-order valence-electron chi connectivity index (χ3n) is 5.82. The molecule has 1 N–H and O–H groups in total. The molecule has 0 unspecified atom stereocenters. The molecule has 1 saturated heterocycles. The van der Waals surface area contributed by atoms with Crippen molar-refractivity contribution < 1.29 is 14.0 Å². The molecule has 3 heterocycles. The topological polar surface area (TPSA) is 70.5 Å². The fourth-order valence-electron chi connectivity index (χ4n) is 4.22.